The van der Waals surface area contributed by atoms with Crippen LogP contribution in [0.25, 0.3) is 11.4 Å². The fourth-order valence-electron chi connectivity index (χ4n) is 3.06. The summed E-state index contributed by atoms with van der Waals surface area (Å²) < 4.78 is 9.32. The third kappa shape index (κ3) is 3.01. The van der Waals surface area contributed by atoms with E-state index in [0.717, 1.165) is 35.7 Å². The molecule has 3 heterocycles. The molecule has 7 nitrogen and oxygen atoms in total. The lowest BCUT2D eigenvalue weighted by Crippen LogP contribution is -2.36. The Kier molecular flexibility index (Phi) is 4.47. The molecule has 0 saturated carbocycles. The molecule has 0 aromatic carbocycles. The van der Waals surface area contributed by atoms with E-state index in [1.165, 1.54) is 0 Å². The Bertz CT molecular complexity index is 684. The maximum atomic E-state index is 12.2. The highest BCUT2D eigenvalue weighted by Crippen LogP contribution is 2.25. The van der Waals surface area contributed by atoms with Crippen LogP contribution in [0.2, 0.25) is 0 Å². The van der Waals surface area contributed by atoms with Gasteiger partial charge in [-0.15, -0.1) is 0 Å². The average Bonchev–Trinajstić information content (AvgIpc) is 3.00. The smallest absolute Gasteiger partial charge is 0.248 e. The van der Waals surface area contributed by atoms with E-state index >= 15 is 0 Å². The zero-order valence-electron chi connectivity index (χ0n) is 13.9. The number of hydrogen-bond acceptors (Lipinski definition) is 4. The Hall–Kier alpha value is -2.15. The molecule has 124 valence electrons. The molecule has 2 aromatic rings. The zero-order chi connectivity index (χ0) is 16.4. The molecule has 3 rings (SSSR count). The minimum Gasteiger partial charge on any atom is -0.372 e. The van der Waals surface area contributed by atoms with Crippen LogP contribution in [0, 0.1) is 6.92 Å². The molecular weight excluding hydrogens is 294 g/mol. The molecule has 2 aromatic heterocycles. The minimum absolute atomic E-state index is 0.0517. The summed E-state index contributed by atoms with van der Waals surface area (Å²) in [6.45, 7) is 6.78. The number of rotatable bonds is 4. The number of nitrogens with zero attached hydrogens (tertiary/aromatic N) is 5. The molecule has 7 heteroatoms. The molecule has 0 bridgehead atoms. The maximum Gasteiger partial charge on any atom is 0.248 e. The molecule has 1 amide bonds. The highest BCUT2D eigenvalue weighted by Gasteiger charge is 2.22. The predicted octanol–water partition coefficient (Wildman–Crippen LogP) is 1.01. The van der Waals surface area contributed by atoms with E-state index < -0.39 is 0 Å². The van der Waals surface area contributed by atoms with Crippen molar-refractivity contribution in [2.45, 2.75) is 26.8 Å². The van der Waals surface area contributed by atoms with Gasteiger partial charge < -0.3 is 14.2 Å². The van der Waals surface area contributed by atoms with Gasteiger partial charge in [0.1, 0.15) is 12.4 Å². The first-order valence-electron chi connectivity index (χ1n) is 8.00. The Morgan fingerprint density at radius 1 is 1.30 bits per heavy atom. The van der Waals surface area contributed by atoms with Crippen molar-refractivity contribution in [3.05, 3.63) is 23.8 Å². The van der Waals surface area contributed by atoms with E-state index in [4.69, 9.17) is 4.74 Å². The van der Waals surface area contributed by atoms with Gasteiger partial charge in [-0.3, -0.25) is 9.48 Å². The summed E-state index contributed by atoms with van der Waals surface area (Å²) in [5.74, 6) is 1.07. The van der Waals surface area contributed by atoms with Gasteiger partial charge in [-0.25, -0.2) is 4.98 Å². The van der Waals surface area contributed by atoms with Crippen molar-refractivity contribution in [3.63, 3.8) is 0 Å². The first kappa shape index (κ1) is 15.7. The van der Waals surface area contributed by atoms with Crippen LogP contribution in [-0.4, -0.2) is 56.4 Å². The van der Waals surface area contributed by atoms with Crippen LogP contribution >= 0.6 is 0 Å². The molecule has 0 saturated heterocycles. The summed E-state index contributed by atoms with van der Waals surface area (Å²) in [6, 6.07) is 0. The van der Waals surface area contributed by atoms with Crippen molar-refractivity contribution >= 4 is 5.91 Å². The standard InChI is InChI=1S/C16H23N5O2/c1-4-23-11-15(22)20-6-5-14-17-10-13(21(14)8-7-20)16-12(2)9-18-19(16)3/h9-10H,4-8,11H2,1-3H3. The van der Waals surface area contributed by atoms with E-state index in [2.05, 4.69) is 21.6 Å². The highest BCUT2D eigenvalue weighted by molar-refractivity contribution is 5.77. The lowest BCUT2D eigenvalue weighted by Gasteiger charge is -2.20. The summed E-state index contributed by atoms with van der Waals surface area (Å²) in [5, 5.41) is 4.32. The molecule has 23 heavy (non-hydrogen) atoms. The second-order valence-electron chi connectivity index (χ2n) is 5.78. The van der Waals surface area contributed by atoms with Crippen molar-refractivity contribution in [2.24, 2.45) is 7.05 Å². The van der Waals surface area contributed by atoms with Gasteiger partial charge in [-0.1, -0.05) is 0 Å². The second-order valence-corrected chi connectivity index (χ2v) is 5.78. The number of carbonyl (C=O) groups is 1. The number of amides is 1. The molecule has 0 unspecified atom stereocenters. The predicted molar refractivity (Wildman–Crippen MR) is 85.9 cm³/mol. The van der Waals surface area contributed by atoms with Crippen molar-refractivity contribution < 1.29 is 9.53 Å². The van der Waals surface area contributed by atoms with Crippen molar-refractivity contribution in [2.75, 3.05) is 26.3 Å². The largest absolute Gasteiger partial charge is 0.372 e. The first-order chi connectivity index (χ1) is 11.1. The van der Waals surface area contributed by atoms with Crippen molar-refractivity contribution in [1.29, 1.82) is 0 Å². The molecule has 1 aliphatic rings. The van der Waals surface area contributed by atoms with Gasteiger partial charge in [0.2, 0.25) is 5.91 Å². The van der Waals surface area contributed by atoms with Crippen molar-refractivity contribution in [1.82, 2.24) is 24.2 Å². The molecule has 0 atom stereocenters. The average molecular weight is 317 g/mol. The molecule has 0 aliphatic carbocycles. The lowest BCUT2D eigenvalue weighted by atomic mass is 10.2. The van der Waals surface area contributed by atoms with Crippen LogP contribution in [0.3, 0.4) is 0 Å². The van der Waals surface area contributed by atoms with Gasteiger partial charge in [-0.2, -0.15) is 5.10 Å². The van der Waals surface area contributed by atoms with Crippen LogP contribution in [-0.2, 0) is 29.5 Å². The Morgan fingerprint density at radius 3 is 2.83 bits per heavy atom. The number of carbonyl (C=O) groups excluding carboxylic acids is 1. The Balaban J connectivity index is 1.81. The van der Waals surface area contributed by atoms with Gasteiger partial charge >= 0.3 is 0 Å². The fourth-order valence-corrected chi connectivity index (χ4v) is 3.06. The third-order valence-corrected chi connectivity index (χ3v) is 4.28. The van der Waals surface area contributed by atoms with Gasteiger partial charge in [-0.05, 0) is 19.4 Å². The molecule has 0 fully saturated rings. The van der Waals surface area contributed by atoms with Crippen LogP contribution in [0.4, 0.5) is 0 Å². The molecule has 0 N–H and O–H groups in total. The molecule has 1 aliphatic heterocycles. The van der Waals surface area contributed by atoms with Gasteiger partial charge in [0.05, 0.1) is 23.8 Å². The van der Waals surface area contributed by atoms with Crippen LogP contribution in [0.1, 0.15) is 18.3 Å². The third-order valence-electron chi connectivity index (χ3n) is 4.28. The summed E-state index contributed by atoms with van der Waals surface area (Å²) >= 11 is 0. The number of imidazole rings is 1. The monoisotopic (exact) mass is 317 g/mol. The first-order valence-corrected chi connectivity index (χ1v) is 8.00. The van der Waals surface area contributed by atoms with Crippen LogP contribution < -0.4 is 0 Å². The SMILES string of the molecule is CCOCC(=O)N1CCc2ncc(-c3c(C)cnn3C)n2CC1. The molecular formula is C16H23N5O2. The maximum absolute atomic E-state index is 12.2. The van der Waals surface area contributed by atoms with Crippen LogP contribution in [0.5, 0.6) is 0 Å². The second kappa shape index (κ2) is 6.54. The quantitative estimate of drug-likeness (QED) is 0.844. The highest BCUT2D eigenvalue weighted by atomic mass is 16.5. The normalized spacial score (nSPS) is 14.7. The van der Waals surface area contributed by atoms with E-state index in [1.54, 1.807) is 0 Å². The van der Waals surface area contributed by atoms with Crippen molar-refractivity contribution in [3.8, 4) is 11.4 Å². The Morgan fingerprint density at radius 2 is 2.13 bits per heavy atom. The van der Waals surface area contributed by atoms with E-state index in [-0.39, 0.29) is 12.5 Å². The number of hydrogen-bond donors (Lipinski definition) is 0. The van der Waals surface area contributed by atoms with Gasteiger partial charge in [0.25, 0.3) is 0 Å². The number of ether oxygens (including phenoxy) is 1. The summed E-state index contributed by atoms with van der Waals surface area (Å²) in [7, 11) is 1.94. The van der Waals surface area contributed by atoms with Gasteiger partial charge in [0.15, 0.2) is 0 Å². The topological polar surface area (TPSA) is 65.2 Å². The fraction of sp³-hybridized carbons (Fsp3) is 0.562. The summed E-state index contributed by atoms with van der Waals surface area (Å²) in [5.41, 5.74) is 3.28. The summed E-state index contributed by atoms with van der Waals surface area (Å²) in [6.07, 6.45) is 4.54. The number of aromatic nitrogens is 4. The van der Waals surface area contributed by atoms with E-state index in [1.807, 2.05) is 35.9 Å². The van der Waals surface area contributed by atoms with E-state index in [0.29, 0.717) is 19.7 Å². The van der Waals surface area contributed by atoms with E-state index in [9.17, 15) is 4.79 Å². The zero-order valence-corrected chi connectivity index (χ0v) is 13.9. The van der Waals surface area contributed by atoms with Crippen LogP contribution in [0.15, 0.2) is 12.4 Å². The molecule has 0 radical (unpaired) electrons. The number of fused-ring (bicyclic) bond motifs is 1. The lowest BCUT2D eigenvalue weighted by molar-refractivity contribution is -0.135. The minimum atomic E-state index is 0.0517. The summed E-state index contributed by atoms with van der Waals surface area (Å²) in [4.78, 5) is 18.6. The molecule has 0 spiro atoms. The number of aryl methyl sites for hydroxylation is 2. The van der Waals surface area contributed by atoms with Gasteiger partial charge in [0, 0.05) is 39.7 Å². The Labute approximate surface area is 135 Å².